The molecule has 1 aliphatic heterocycles. The predicted octanol–water partition coefficient (Wildman–Crippen LogP) is -1.27. The minimum Gasteiger partial charge on any atom is -0.383 e. The minimum atomic E-state index is 0.161. The highest BCUT2D eigenvalue weighted by molar-refractivity contribution is 5.79. The maximum Gasteiger partial charge on any atom is 0.236 e. The fourth-order valence-electron chi connectivity index (χ4n) is 1.61. The maximum absolute atomic E-state index is 11.6. The summed E-state index contributed by atoms with van der Waals surface area (Å²) in [7, 11) is 3.57. The molecule has 1 heterocycles. The fraction of sp³-hybridized carbons (Fsp3) is 0.889. The molecule has 14 heavy (non-hydrogen) atoms. The minimum absolute atomic E-state index is 0.161. The van der Waals surface area contributed by atoms with Gasteiger partial charge in [-0.25, -0.2) is 0 Å². The molecule has 5 nitrogen and oxygen atoms in total. The number of carbonyl (C=O) groups excluding carboxylic acids is 1. The normalized spacial score (nSPS) is 24.4. The number of rotatable bonds is 4. The molecule has 1 rings (SSSR count). The van der Waals surface area contributed by atoms with Gasteiger partial charge in [-0.3, -0.25) is 9.69 Å². The lowest BCUT2D eigenvalue weighted by molar-refractivity contribution is -0.138. The molecule has 82 valence electrons. The highest BCUT2D eigenvalue weighted by atomic mass is 16.5. The maximum atomic E-state index is 11.6. The molecule has 1 amide bonds. The van der Waals surface area contributed by atoms with Crippen molar-refractivity contribution in [3.05, 3.63) is 0 Å². The second-order valence-corrected chi connectivity index (χ2v) is 3.64. The van der Waals surface area contributed by atoms with E-state index in [1.54, 1.807) is 7.11 Å². The molecule has 0 radical (unpaired) electrons. The second kappa shape index (κ2) is 5.29. The van der Waals surface area contributed by atoms with Gasteiger partial charge in [-0.15, -0.1) is 0 Å². The number of piperazine rings is 1. The first-order valence-corrected chi connectivity index (χ1v) is 4.86. The van der Waals surface area contributed by atoms with Crippen LogP contribution in [0.1, 0.15) is 0 Å². The number of carbonyl (C=O) groups is 1. The Bertz CT molecular complexity index is 198. The van der Waals surface area contributed by atoms with Gasteiger partial charge in [-0.1, -0.05) is 0 Å². The summed E-state index contributed by atoms with van der Waals surface area (Å²) in [4.78, 5) is 15.4. The molecule has 0 aromatic heterocycles. The van der Waals surface area contributed by atoms with Crippen LogP contribution in [0.4, 0.5) is 0 Å². The highest BCUT2D eigenvalue weighted by Crippen LogP contribution is 2.07. The van der Waals surface area contributed by atoms with Crippen LogP contribution in [-0.2, 0) is 9.53 Å². The average Bonchev–Trinajstić information content (AvgIpc) is 2.17. The van der Waals surface area contributed by atoms with Crippen LogP contribution in [0.25, 0.3) is 0 Å². The van der Waals surface area contributed by atoms with E-state index in [-0.39, 0.29) is 11.9 Å². The molecular weight excluding hydrogens is 182 g/mol. The molecule has 2 N–H and O–H groups in total. The van der Waals surface area contributed by atoms with Crippen LogP contribution >= 0.6 is 0 Å². The Morgan fingerprint density at radius 2 is 2.36 bits per heavy atom. The van der Waals surface area contributed by atoms with Crippen molar-refractivity contribution < 1.29 is 9.53 Å². The van der Waals surface area contributed by atoms with Gasteiger partial charge in [0, 0.05) is 32.8 Å². The van der Waals surface area contributed by atoms with Gasteiger partial charge in [0.25, 0.3) is 0 Å². The molecule has 5 heteroatoms. The van der Waals surface area contributed by atoms with Gasteiger partial charge in [0.1, 0.15) is 0 Å². The van der Waals surface area contributed by atoms with Gasteiger partial charge in [0.2, 0.25) is 5.91 Å². The molecule has 0 aliphatic carbocycles. The van der Waals surface area contributed by atoms with Crippen LogP contribution < -0.4 is 5.73 Å². The van der Waals surface area contributed by atoms with Crippen molar-refractivity contribution in [1.29, 1.82) is 0 Å². The quantitative estimate of drug-likeness (QED) is 0.616. The number of ether oxygens (including phenoxy) is 1. The molecule has 1 unspecified atom stereocenters. The number of hydrogen-bond donors (Lipinski definition) is 1. The molecule has 0 aromatic carbocycles. The third-order valence-electron chi connectivity index (χ3n) is 2.63. The molecule has 1 atom stereocenters. The zero-order valence-corrected chi connectivity index (χ0v) is 8.90. The molecule has 0 saturated carbocycles. The Labute approximate surface area is 84.8 Å². The van der Waals surface area contributed by atoms with Crippen LogP contribution in [-0.4, -0.2) is 68.7 Å². The number of nitrogens with two attached hydrogens (primary N) is 1. The van der Waals surface area contributed by atoms with Gasteiger partial charge < -0.3 is 15.4 Å². The van der Waals surface area contributed by atoms with Crippen LogP contribution in [0.2, 0.25) is 0 Å². The lowest BCUT2D eigenvalue weighted by Gasteiger charge is -2.38. The Balaban J connectivity index is 2.46. The highest BCUT2D eigenvalue weighted by Gasteiger charge is 2.28. The van der Waals surface area contributed by atoms with Gasteiger partial charge in [-0.05, 0) is 7.05 Å². The van der Waals surface area contributed by atoms with Gasteiger partial charge >= 0.3 is 0 Å². The third-order valence-corrected chi connectivity index (χ3v) is 2.63. The number of amides is 1. The van der Waals surface area contributed by atoms with Crippen molar-refractivity contribution in [2.24, 2.45) is 5.73 Å². The number of methoxy groups -OCH3 is 1. The van der Waals surface area contributed by atoms with E-state index >= 15 is 0 Å². The predicted molar refractivity (Wildman–Crippen MR) is 53.9 cm³/mol. The monoisotopic (exact) mass is 201 g/mol. The summed E-state index contributed by atoms with van der Waals surface area (Å²) in [6.07, 6.45) is 0. The van der Waals surface area contributed by atoms with Gasteiger partial charge in [0.05, 0.1) is 13.2 Å². The molecule has 1 saturated heterocycles. The van der Waals surface area contributed by atoms with E-state index < -0.39 is 0 Å². The molecule has 0 spiro atoms. The summed E-state index contributed by atoms with van der Waals surface area (Å²) < 4.78 is 4.95. The molecule has 1 aliphatic rings. The van der Waals surface area contributed by atoms with Gasteiger partial charge in [-0.2, -0.15) is 0 Å². The first-order chi connectivity index (χ1) is 6.69. The first kappa shape index (κ1) is 11.4. The largest absolute Gasteiger partial charge is 0.383 e. The molecule has 0 bridgehead atoms. The number of nitrogens with zero attached hydrogens (tertiary/aromatic N) is 2. The Kier molecular flexibility index (Phi) is 4.31. The topological polar surface area (TPSA) is 58.8 Å². The van der Waals surface area contributed by atoms with E-state index in [0.29, 0.717) is 26.2 Å². The molecule has 1 fully saturated rings. The first-order valence-electron chi connectivity index (χ1n) is 4.86. The van der Waals surface area contributed by atoms with Crippen molar-refractivity contribution in [2.75, 3.05) is 46.9 Å². The molecule has 0 aromatic rings. The lowest BCUT2D eigenvalue weighted by atomic mass is 10.2. The Hall–Kier alpha value is -0.650. The van der Waals surface area contributed by atoms with Crippen molar-refractivity contribution in [3.63, 3.8) is 0 Å². The zero-order valence-electron chi connectivity index (χ0n) is 8.90. The van der Waals surface area contributed by atoms with Crippen LogP contribution in [0.15, 0.2) is 0 Å². The van der Waals surface area contributed by atoms with E-state index in [4.69, 9.17) is 10.5 Å². The summed E-state index contributed by atoms with van der Waals surface area (Å²) in [6.45, 7) is 3.03. The third kappa shape index (κ3) is 2.67. The van der Waals surface area contributed by atoms with Gasteiger partial charge in [0.15, 0.2) is 0 Å². The summed E-state index contributed by atoms with van der Waals surface area (Å²) in [5, 5.41) is 0. The SMILES string of the molecule is COCCN1CC(CN)N(C)CC1=O. The average molecular weight is 201 g/mol. The van der Waals surface area contributed by atoms with Crippen LogP contribution in [0, 0.1) is 0 Å². The van der Waals surface area contributed by atoms with Crippen molar-refractivity contribution >= 4 is 5.91 Å². The Morgan fingerprint density at radius 3 is 2.93 bits per heavy atom. The zero-order chi connectivity index (χ0) is 10.6. The van der Waals surface area contributed by atoms with E-state index in [0.717, 1.165) is 6.54 Å². The summed E-state index contributed by atoms with van der Waals surface area (Å²) in [5.74, 6) is 0.161. The van der Waals surface area contributed by atoms with Crippen LogP contribution in [0.3, 0.4) is 0 Å². The van der Waals surface area contributed by atoms with Crippen LogP contribution in [0.5, 0.6) is 0 Å². The summed E-state index contributed by atoms with van der Waals surface area (Å²) in [5.41, 5.74) is 5.62. The van der Waals surface area contributed by atoms with Crippen molar-refractivity contribution in [1.82, 2.24) is 9.80 Å². The van der Waals surface area contributed by atoms with Crippen molar-refractivity contribution in [3.8, 4) is 0 Å². The second-order valence-electron chi connectivity index (χ2n) is 3.64. The standard InChI is InChI=1S/C9H19N3O2/c1-11-7-9(13)12(3-4-14-2)6-8(11)5-10/h8H,3-7,10H2,1-2H3. The fourth-order valence-corrected chi connectivity index (χ4v) is 1.61. The number of likely N-dealkylation sites (N-methyl/N-ethyl adjacent to an activating group) is 1. The molecular formula is C9H19N3O2. The lowest BCUT2D eigenvalue weighted by Crippen LogP contribution is -2.57. The summed E-state index contributed by atoms with van der Waals surface area (Å²) >= 11 is 0. The van der Waals surface area contributed by atoms with Crippen molar-refractivity contribution in [2.45, 2.75) is 6.04 Å². The number of hydrogen-bond acceptors (Lipinski definition) is 4. The van der Waals surface area contributed by atoms with E-state index in [9.17, 15) is 4.79 Å². The van der Waals surface area contributed by atoms with E-state index in [1.807, 2.05) is 16.8 Å². The van der Waals surface area contributed by atoms with E-state index in [2.05, 4.69) is 0 Å². The van der Waals surface area contributed by atoms with E-state index in [1.165, 1.54) is 0 Å². The summed E-state index contributed by atoms with van der Waals surface area (Å²) in [6, 6.07) is 0.282. The Morgan fingerprint density at radius 1 is 1.64 bits per heavy atom. The smallest absolute Gasteiger partial charge is 0.236 e.